The maximum absolute atomic E-state index is 12.6. The van der Waals surface area contributed by atoms with Gasteiger partial charge in [0.05, 0.1) is 50.5 Å². The number of amides is 3. The molecule has 408 valence electrons. The molecule has 0 aliphatic carbocycles. The molecule has 0 saturated carbocycles. The fourth-order valence-corrected chi connectivity index (χ4v) is 9.96. The number of thiazole rings is 3. The molecule has 0 bridgehead atoms. The zero-order valence-electron chi connectivity index (χ0n) is 44.1. The smallest absolute Gasteiger partial charge is 0.269 e. The van der Waals surface area contributed by atoms with E-state index in [9.17, 15) is 14.4 Å². The number of halogens is 3. The van der Waals surface area contributed by atoms with Gasteiger partial charge in [-0.2, -0.15) is 0 Å². The quantitative estimate of drug-likeness (QED) is 0.0741. The number of anilines is 3. The third-order valence-electron chi connectivity index (χ3n) is 10.9. The summed E-state index contributed by atoms with van der Waals surface area (Å²) in [7, 11) is 0. The summed E-state index contributed by atoms with van der Waals surface area (Å²) < 4.78 is 36.7. The monoisotopic (exact) mass is 1170 g/mol. The second-order valence-electron chi connectivity index (χ2n) is 18.3. The lowest BCUT2D eigenvalue weighted by Gasteiger charge is -2.24. The summed E-state index contributed by atoms with van der Waals surface area (Å²) in [5, 5.41) is 11.9. The number of carbonyl (C=O) groups is 3. The van der Waals surface area contributed by atoms with Crippen LogP contribution < -0.4 is 44.4 Å². The van der Waals surface area contributed by atoms with Gasteiger partial charge in [-0.3, -0.25) is 30.3 Å². The topological polar surface area (TPSA) is 181 Å². The molecule has 0 fully saturated rings. The van der Waals surface area contributed by atoms with Crippen molar-refractivity contribution in [2.75, 3.05) is 35.8 Å². The highest BCUT2D eigenvalue weighted by Gasteiger charge is 2.33. The van der Waals surface area contributed by atoms with Gasteiger partial charge < -0.3 is 28.4 Å². The van der Waals surface area contributed by atoms with E-state index in [1.807, 2.05) is 75.4 Å². The van der Waals surface area contributed by atoms with Crippen LogP contribution in [0.2, 0.25) is 15.1 Å². The molecule has 6 aromatic carbocycles. The third-order valence-corrected chi connectivity index (χ3v) is 14.4. The van der Waals surface area contributed by atoms with Gasteiger partial charge in [0.15, 0.2) is 32.2 Å². The van der Waals surface area contributed by atoms with E-state index in [2.05, 4.69) is 30.9 Å². The van der Waals surface area contributed by atoms with Gasteiger partial charge in [0.25, 0.3) is 17.7 Å². The summed E-state index contributed by atoms with van der Waals surface area (Å²) in [4.78, 5) is 51.2. The number of nitrogens with one attached hydrogen (secondary N) is 3. The highest BCUT2D eigenvalue weighted by molar-refractivity contribution is 7.23. The van der Waals surface area contributed by atoms with Gasteiger partial charge in [-0.25, -0.2) is 15.0 Å². The first-order valence-electron chi connectivity index (χ1n) is 24.5. The molecule has 3 N–H and O–H groups in total. The molecular formula is C57H57Cl3N6O9S3. The van der Waals surface area contributed by atoms with E-state index in [1.165, 1.54) is 34.0 Å². The van der Waals surface area contributed by atoms with Gasteiger partial charge in [0, 0.05) is 15.1 Å². The Morgan fingerprint density at radius 2 is 0.628 bits per heavy atom. The Balaban J connectivity index is 0.000000170. The van der Waals surface area contributed by atoms with Crippen molar-refractivity contribution in [2.45, 2.75) is 79.1 Å². The number of carbonyl (C=O) groups excluding carboxylic acids is 3. The van der Waals surface area contributed by atoms with Crippen molar-refractivity contribution in [3.05, 3.63) is 142 Å². The maximum atomic E-state index is 12.6. The van der Waals surface area contributed by atoms with Crippen LogP contribution in [0.25, 0.3) is 30.6 Å². The van der Waals surface area contributed by atoms with Crippen LogP contribution in [-0.2, 0) is 14.4 Å². The standard InChI is InChI=1S/3C19H19ClN2O3S/c3*1-4-24-14-9-10-15-16(11-14)26-18(21-15)22-17(23)19(2,3)25-13-7-5-12(20)6-8-13/h3*5-11H,4H2,1-3H3,(H,21,22,23). The van der Waals surface area contributed by atoms with Crippen LogP contribution in [0, 0.1) is 0 Å². The van der Waals surface area contributed by atoms with Crippen molar-refractivity contribution >= 4 is 133 Å². The number of ether oxygens (including phenoxy) is 6. The fraction of sp³-hybridized carbons (Fsp3) is 0.263. The average Bonchev–Trinajstić information content (AvgIpc) is 4.13. The van der Waals surface area contributed by atoms with Gasteiger partial charge >= 0.3 is 0 Å². The van der Waals surface area contributed by atoms with E-state index in [-0.39, 0.29) is 17.7 Å². The molecule has 0 aliphatic rings. The second kappa shape index (κ2) is 26.1. The molecule has 9 rings (SSSR count). The number of rotatable bonds is 18. The molecule has 0 aliphatic heterocycles. The molecule has 0 saturated heterocycles. The predicted octanol–water partition coefficient (Wildman–Crippen LogP) is 15.4. The summed E-state index contributed by atoms with van der Waals surface area (Å²) >= 11 is 21.8. The summed E-state index contributed by atoms with van der Waals surface area (Å²) in [6.45, 7) is 17.8. The average molecular weight is 1170 g/mol. The van der Waals surface area contributed by atoms with Crippen LogP contribution in [0.3, 0.4) is 0 Å². The van der Waals surface area contributed by atoms with E-state index in [0.717, 1.165) is 47.9 Å². The van der Waals surface area contributed by atoms with Gasteiger partial charge in [0.1, 0.15) is 34.5 Å². The molecule has 21 heteroatoms. The third kappa shape index (κ3) is 16.3. The highest BCUT2D eigenvalue weighted by atomic mass is 35.5. The normalized spacial score (nSPS) is 11.4. The molecule has 0 unspecified atom stereocenters. The highest BCUT2D eigenvalue weighted by Crippen LogP contribution is 2.34. The van der Waals surface area contributed by atoms with Crippen molar-refractivity contribution in [1.29, 1.82) is 0 Å². The minimum Gasteiger partial charge on any atom is -0.494 e. The predicted molar refractivity (Wildman–Crippen MR) is 317 cm³/mol. The molecule has 3 aromatic heterocycles. The minimum absolute atomic E-state index is 0.281. The molecule has 78 heavy (non-hydrogen) atoms. The van der Waals surface area contributed by atoms with E-state index in [1.54, 1.807) is 114 Å². The molecular weight excluding hydrogens is 1120 g/mol. The lowest BCUT2D eigenvalue weighted by Crippen LogP contribution is -2.42. The maximum Gasteiger partial charge on any atom is 0.269 e. The minimum atomic E-state index is -1.07. The van der Waals surface area contributed by atoms with E-state index >= 15 is 0 Å². The molecule has 3 heterocycles. The molecule has 0 spiro atoms. The number of benzene rings is 6. The van der Waals surface area contributed by atoms with Crippen molar-refractivity contribution in [3.63, 3.8) is 0 Å². The van der Waals surface area contributed by atoms with Gasteiger partial charge in [0.2, 0.25) is 0 Å². The first-order chi connectivity index (χ1) is 37.1. The molecule has 0 atom stereocenters. The zero-order valence-corrected chi connectivity index (χ0v) is 48.8. The largest absolute Gasteiger partial charge is 0.494 e. The lowest BCUT2D eigenvalue weighted by atomic mass is 10.1. The Bertz CT molecular complexity index is 3130. The van der Waals surface area contributed by atoms with Crippen LogP contribution in [-0.4, -0.2) is 69.3 Å². The summed E-state index contributed by atoms with van der Waals surface area (Å²) in [5.74, 6) is 3.22. The lowest BCUT2D eigenvalue weighted by molar-refractivity contribution is -0.129. The number of nitrogens with zero attached hydrogens (tertiary/aromatic N) is 3. The van der Waals surface area contributed by atoms with Crippen LogP contribution in [0.5, 0.6) is 34.5 Å². The number of hydrogen-bond donors (Lipinski definition) is 3. The van der Waals surface area contributed by atoms with Crippen molar-refractivity contribution in [3.8, 4) is 34.5 Å². The SMILES string of the molecule is CCOc1ccc2nc(NC(=O)C(C)(C)Oc3ccc(Cl)cc3)sc2c1.CCOc1ccc2nc(NC(=O)C(C)(C)Oc3ccc(Cl)cc3)sc2c1.CCOc1ccc2nc(NC(=O)C(C)(C)Oc3ccc(Cl)cc3)sc2c1. The first kappa shape index (κ1) is 58.7. The molecule has 9 aromatic rings. The Morgan fingerprint density at radius 1 is 0.397 bits per heavy atom. The Morgan fingerprint density at radius 3 is 0.859 bits per heavy atom. The van der Waals surface area contributed by atoms with Gasteiger partial charge in [-0.15, -0.1) is 0 Å². The molecule has 0 radical (unpaired) electrons. The van der Waals surface area contributed by atoms with Crippen molar-refractivity contribution in [1.82, 2.24) is 15.0 Å². The number of aromatic nitrogens is 3. The Hall–Kier alpha value is -6.93. The number of hydrogen-bond acceptors (Lipinski definition) is 15. The van der Waals surface area contributed by atoms with Crippen LogP contribution in [0.1, 0.15) is 62.3 Å². The Kier molecular flexibility index (Phi) is 19.7. The summed E-state index contributed by atoms with van der Waals surface area (Å²) in [6, 6.07) is 37.6. The Labute approximate surface area is 479 Å². The first-order valence-corrected chi connectivity index (χ1v) is 28.1. The second-order valence-corrected chi connectivity index (χ2v) is 22.7. The van der Waals surface area contributed by atoms with Crippen LogP contribution >= 0.6 is 68.8 Å². The zero-order chi connectivity index (χ0) is 56.2. The van der Waals surface area contributed by atoms with Crippen molar-refractivity contribution in [2.24, 2.45) is 0 Å². The fourth-order valence-electron chi connectivity index (χ4n) is 6.92. The van der Waals surface area contributed by atoms with Crippen LogP contribution in [0.15, 0.2) is 127 Å². The molecule has 15 nitrogen and oxygen atoms in total. The van der Waals surface area contributed by atoms with Crippen molar-refractivity contribution < 1.29 is 42.8 Å². The van der Waals surface area contributed by atoms with Gasteiger partial charge in [-0.1, -0.05) is 68.8 Å². The van der Waals surface area contributed by atoms with E-state index < -0.39 is 16.8 Å². The summed E-state index contributed by atoms with van der Waals surface area (Å²) in [5.41, 5.74) is -0.771. The van der Waals surface area contributed by atoms with E-state index in [0.29, 0.717) is 67.5 Å². The summed E-state index contributed by atoms with van der Waals surface area (Å²) in [6.07, 6.45) is 0. The van der Waals surface area contributed by atoms with E-state index in [4.69, 9.17) is 63.2 Å². The van der Waals surface area contributed by atoms with Crippen LogP contribution in [0.4, 0.5) is 15.4 Å². The van der Waals surface area contributed by atoms with Gasteiger partial charge in [-0.05, 0) is 190 Å². The molecule has 3 amide bonds. The number of fused-ring (bicyclic) bond motifs is 3.